The molecule has 0 saturated heterocycles. The van der Waals surface area contributed by atoms with Gasteiger partial charge in [-0.05, 0) is 61.0 Å². The molecule has 2 N–H and O–H groups in total. The SMILES string of the molecule is Cc1cc([N+](=O)[O-])ccc1NC(=O)CSc1cccc(NC(=O)c2ccc(F)cc2)c1. The summed E-state index contributed by atoms with van der Waals surface area (Å²) in [5.41, 5.74) is 1.95. The molecule has 0 saturated carbocycles. The molecular formula is C22H18FN3O4S. The molecule has 0 fully saturated rings. The van der Waals surface area contributed by atoms with Gasteiger partial charge in [-0.3, -0.25) is 19.7 Å². The minimum atomic E-state index is -0.490. The van der Waals surface area contributed by atoms with Crippen molar-refractivity contribution in [2.24, 2.45) is 0 Å². The second kappa shape index (κ2) is 9.86. The van der Waals surface area contributed by atoms with Gasteiger partial charge >= 0.3 is 0 Å². The Morgan fingerprint density at radius 1 is 1.03 bits per heavy atom. The molecule has 3 rings (SSSR count). The number of thioether (sulfide) groups is 1. The molecule has 0 bridgehead atoms. The zero-order chi connectivity index (χ0) is 22.4. The van der Waals surface area contributed by atoms with Crippen molar-refractivity contribution in [2.45, 2.75) is 11.8 Å². The fourth-order valence-corrected chi connectivity index (χ4v) is 3.46. The molecule has 0 unspecified atom stereocenters. The van der Waals surface area contributed by atoms with Crippen molar-refractivity contribution < 1.29 is 18.9 Å². The van der Waals surface area contributed by atoms with Crippen LogP contribution in [0.5, 0.6) is 0 Å². The van der Waals surface area contributed by atoms with Gasteiger partial charge in [0.1, 0.15) is 5.82 Å². The second-order valence-electron chi connectivity index (χ2n) is 6.58. The zero-order valence-corrected chi connectivity index (χ0v) is 17.2. The predicted octanol–water partition coefficient (Wildman–Crippen LogP) is 5.03. The van der Waals surface area contributed by atoms with Gasteiger partial charge < -0.3 is 10.6 Å². The molecule has 0 spiro atoms. The van der Waals surface area contributed by atoms with Crippen LogP contribution in [0.4, 0.5) is 21.5 Å². The molecule has 0 aliphatic rings. The average molecular weight is 439 g/mol. The first-order valence-electron chi connectivity index (χ1n) is 9.16. The molecule has 0 radical (unpaired) electrons. The van der Waals surface area contributed by atoms with Gasteiger partial charge in [-0.15, -0.1) is 11.8 Å². The predicted molar refractivity (Wildman–Crippen MR) is 118 cm³/mol. The van der Waals surface area contributed by atoms with Crippen molar-refractivity contribution in [3.8, 4) is 0 Å². The summed E-state index contributed by atoms with van der Waals surface area (Å²) in [6, 6.07) is 16.5. The minimum absolute atomic E-state index is 0.0376. The maximum atomic E-state index is 13.0. The molecule has 0 atom stereocenters. The lowest BCUT2D eigenvalue weighted by Crippen LogP contribution is -2.15. The Kier molecular flexibility index (Phi) is 6.99. The highest BCUT2D eigenvalue weighted by Crippen LogP contribution is 2.24. The van der Waals surface area contributed by atoms with Crippen molar-refractivity contribution >= 4 is 40.6 Å². The van der Waals surface area contributed by atoms with Crippen molar-refractivity contribution in [3.05, 3.63) is 93.8 Å². The molecule has 31 heavy (non-hydrogen) atoms. The average Bonchev–Trinajstić information content (AvgIpc) is 2.74. The van der Waals surface area contributed by atoms with Crippen LogP contribution in [0.3, 0.4) is 0 Å². The summed E-state index contributed by atoms with van der Waals surface area (Å²) in [4.78, 5) is 35.6. The van der Waals surface area contributed by atoms with Gasteiger partial charge in [0.05, 0.1) is 10.7 Å². The van der Waals surface area contributed by atoms with E-state index in [-0.39, 0.29) is 23.3 Å². The third-order valence-corrected chi connectivity index (χ3v) is 5.26. The Balaban J connectivity index is 1.57. The first-order chi connectivity index (χ1) is 14.8. The van der Waals surface area contributed by atoms with Crippen LogP contribution in [0, 0.1) is 22.9 Å². The highest BCUT2D eigenvalue weighted by molar-refractivity contribution is 8.00. The number of benzene rings is 3. The molecule has 0 aliphatic heterocycles. The topological polar surface area (TPSA) is 101 Å². The standard InChI is InChI=1S/C22H18FN3O4S/c1-14-11-18(26(29)30)9-10-20(14)25-21(27)13-31-19-4-2-3-17(12-19)24-22(28)15-5-7-16(23)8-6-15/h2-12H,13H2,1H3,(H,24,28)(H,25,27). The monoisotopic (exact) mass is 439 g/mol. The summed E-state index contributed by atoms with van der Waals surface area (Å²) in [5.74, 6) is -0.931. The number of hydrogen-bond donors (Lipinski definition) is 2. The first kappa shape index (κ1) is 22.0. The van der Waals surface area contributed by atoms with E-state index >= 15 is 0 Å². The lowest BCUT2D eigenvalue weighted by atomic mass is 10.2. The molecule has 9 heteroatoms. The van der Waals surface area contributed by atoms with Gasteiger partial charge in [0, 0.05) is 34.0 Å². The number of amides is 2. The minimum Gasteiger partial charge on any atom is -0.325 e. The van der Waals surface area contributed by atoms with E-state index in [1.807, 2.05) is 6.07 Å². The molecule has 3 aromatic carbocycles. The smallest absolute Gasteiger partial charge is 0.269 e. The largest absolute Gasteiger partial charge is 0.325 e. The van der Waals surface area contributed by atoms with E-state index in [9.17, 15) is 24.1 Å². The van der Waals surface area contributed by atoms with Crippen molar-refractivity contribution in [2.75, 3.05) is 16.4 Å². The van der Waals surface area contributed by atoms with E-state index in [2.05, 4.69) is 10.6 Å². The van der Waals surface area contributed by atoms with Crippen LogP contribution in [0.2, 0.25) is 0 Å². The van der Waals surface area contributed by atoms with Gasteiger partial charge in [-0.1, -0.05) is 6.07 Å². The molecular weight excluding hydrogens is 421 g/mol. The lowest BCUT2D eigenvalue weighted by molar-refractivity contribution is -0.384. The van der Waals surface area contributed by atoms with Gasteiger partial charge in [-0.2, -0.15) is 0 Å². The van der Waals surface area contributed by atoms with Crippen LogP contribution in [0.1, 0.15) is 15.9 Å². The van der Waals surface area contributed by atoms with E-state index in [0.717, 1.165) is 4.90 Å². The number of halogens is 1. The molecule has 158 valence electrons. The van der Waals surface area contributed by atoms with E-state index in [1.165, 1.54) is 54.2 Å². The first-order valence-corrected chi connectivity index (χ1v) is 10.1. The number of rotatable bonds is 7. The Morgan fingerprint density at radius 2 is 1.77 bits per heavy atom. The second-order valence-corrected chi connectivity index (χ2v) is 7.63. The summed E-state index contributed by atoms with van der Waals surface area (Å²) in [7, 11) is 0. The van der Waals surface area contributed by atoms with Crippen LogP contribution in [0.15, 0.2) is 71.6 Å². The third kappa shape index (κ3) is 6.13. The normalized spacial score (nSPS) is 10.4. The number of carbonyl (C=O) groups excluding carboxylic acids is 2. The lowest BCUT2D eigenvalue weighted by Gasteiger charge is -2.09. The number of non-ortho nitro benzene ring substituents is 1. The maximum absolute atomic E-state index is 13.0. The summed E-state index contributed by atoms with van der Waals surface area (Å²) < 4.78 is 13.0. The highest BCUT2D eigenvalue weighted by Gasteiger charge is 2.11. The number of nitro groups is 1. The van der Waals surface area contributed by atoms with E-state index in [1.54, 1.807) is 25.1 Å². The van der Waals surface area contributed by atoms with Crippen LogP contribution in [-0.2, 0) is 4.79 Å². The van der Waals surface area contributed by atoms with Gasteiger partial charge in [0.2, 0.25) is 5.91 Å². The molecule has 0 heterocycles. The summed E-state index contributed by atoms with van der Waals surface area (Å²) in [5, 5.41) is 16.3. The molecule has 3 aromatic rings. The van der Waals surface area contributed by atoms with Crippen molar-refractivity contribution in [1.82, 2.24) is 0 Å². The van der Waals surface area contributed by atoms with Crippen molar-refractivity contribution in [1.29, 1.82) is 0 Å². The Morgan fingerprint density at radius 3 is 2.45 bits per heavy atom. The Bertz CT molecular complexity index is 1140. The molecule has 0 aromatic heterocycles. The molecule has 2 amide bonds. The Hall–Kier alpha value is -3.72. The van der Waals surface area contributed by atoms with Gasteiger partial charge in [0.25, 0.3) is 11.6 Å². The summed E-state index contributed by atoms with van der Waals surface area (Å²) >= 11 is 1.28. The fraction of sp³-hybridized carbons (Fsp3) is 0.0909. The summed E-state index contributed by atoms with van der Waals surface area (Å²) in [6.07, 6.45) is 0. The molecule has 0 aliphatic carbocycles. The number of nitro benzene ring substituents is 1. The van der Waals surface area contributed by atoms with Crippen LogP contribution < -0.4 is 10.6 Å². The number of carbonyl (C=O) groups is 2. The Labute approximate surface area is 181 Å². The van der Waals surface area contributed by atoms with Crippen LogP contribution >= 0.6 is 11.8 Å². The van der Waals surface area contributed by atoms with Crippen LogP contribution in [0.25, 0.3) is 0 Å². The summed E-state index contributed by atoms with van der Waals surface area (Å²) in [6.45, 7) is 1.68. The highest BCUT2D eigenvalue weighted by atomic mass is 32.2. The maximum Gasteiger partial charge on any atom is 0.269 e. The van der Waals surface area contributed by atoms with Gasteiger partial charge in [-0.25, -0.2) is 4.39 Å². The number of anilines is 2. The third-order valence-electron chi connectivity index (χ3n) is 4.26. The zero-order valence-electron chi connectivity index (χ0n) is 16.4. The number of aryl methyl sites for hydroxylation is 1. The van der Waals surface area contributed by atoms with Gasteiger partial charge in [0.15, 0.2) is 0 Å². The van der Waals surface area contributed by atoms with E-state index < -0.39 is 10.7 Å². The molecule has 7 nitrogen and oxygen atoms in total. The number of hydrogen-bond acceptors (Lipinski definition) is 5. The van der Waals surface area contributed by atoms with Crippen molar-refractivity contribution in [3.63, 3.8) is 0 Å². The van der Waals surface area contributed by atoms with E-state index in [0.29, 0.717) is 22.5 Å². The van der Waals surface area contributed by atoms with E-state index in [4.69, 9.17) is 0 Å². The fourth-order valence-electron chi connectivity index (χ4n) is 2.70. The van der Waals surface area contributed by atoms with Crippen LogP contribution in [-0.4, -0.2) is 22.5 Å². The number of nitrogens with one attached hydrogen (secondary N) is 2. The quantitative estimate of drug-likeness (QED) is 0.306. The number of nitrogens with zero attached hydrogens (tertiary/aromatic N) is 1.